The lowest BCUT2D eigenvalue weighted by atomic mass is 10.1. The normalized spacial score (nSPS) is 10.4. The second-order valence-corrected chi connectivity index (χ2v) is 4.23. The lowest BCUT2D eigenvalue weighted by molar-refractivity contribution is -0.119. The van der Waals surface area contributed by atoms with Crippen LogP contribution in [0, 0.1) is 5.82 Å². The first-order valence-electron chi connectivity index (χ1n) is 5.47. The van der Waals surface area contributed by atoms with Crippen LogP contribution in [0.2, 0.25) is 0 Å². The van der Waals surface area contributed by atoms with Crippen LogP contribution in [0.3, 0.4) is 0 Å². The average molecular weight is 253 g/mol. The van der Waals surface area contributed by atoms with Crippen LogP contribution in [0.5, 0.6) is 0 Å². The van der Waals surface area contributed by atoms with E-state index >= 15 is 0 Å². The largest absolute Gasteiger partial charge is 0.399 e. The van der Waals surface area contributed by atoms with Crippen LogP contribution >= 0.6 is 0 Å². The molecular weight excluding hydrogens is 237 g/mol. The fourth-order valence-electron chi connectivity index (χ4n) is 1.52. The summed E-state index contributed by atoms with van der Waals surface area (Å²) in [6, 6.07) is 3.53. The van der Waals surface area contributed by atoms with Crippen molar-refractivity contribution in [3.05, 3.63) is 29.6 Å². The van der Waals surface area contributed by atoms with E-state index in [0.717, 1.165) is 6.07 Å². The molecular formula is C12H16FN3O2. The number of nitrogen functional groups attached to an aromatic ring is 1. The quantitative estimate of drug-likeness (QED) is 0.776. The molecule has 0 bridgehead atoms. The first-order valence-corrected chi connectivity index (χ1v) is 5.47. The molecule has 0 heterocycles. The van der Waals surface area contributed by atoms with Crippen molar-refractivity contribution < 1.29 is 14.0 Å². The summed E-state index contributed by atoms with van der Waals surface area (Å²) >= 11 is 0. The van der Waals surface area contributed by atoms with E-state index in [4.69, 9.17) is 11.5 Å². The molecule has 0 unspecified atom stereocenters. The molecule has 0 radical (unpaired) electrons. The number of hydrogen-bond donors (Lipinski definition) is 2. The highest BCUT2D eigenvalue weighted by Gasteiger charge is 2.23. The molecule has 0 saturated carbocycles. The Balaban J connectivity index is 3.05. The van der Waals surface area contributed by atoms with Crippen LogP contribution in [0.15, 0.2) is 18.2 Å². The Morgan fingerprint density at radius 3 is 2.44 bits per heavy atom. The molecule has 4 N–H and O–H groups in total. The van der Waals surface area contributed by atoms with Gasteiger partial charge in [-0.05, 0) is 32.0 Å². The van der Waals surface area contributed by atoms with Crippen LogP contribution in [-0.4, -0.2) is 29.3 Å². The number of primary amides is 1. The van der Waals surface area contributed by atoms with Crippen molar-refractivity contribution in [2.45, 2.75) is 19.9 Å². The number of halogens is 1. The van der Waals surface area contributed by atoms with Gasteiger partial charge < -0.3 is 16.4 Å². The molecule has 0 atom stereocenters. The van der Waals surface area contributed by atoms with Gasteiger partial charge in [-0.15, -0.1) is 0 Å². The summed E-state index contributed by atoms with van der Waals surface area (Å²) in [6.45, 7) is 3.19. The Morgan fingerprint density at radius 1 is 1.39 bits per heavy atom. The van der Waals surface area contributed by atoms with Crippen molar-refractivity contribution >= 4 is 17.5 Å². The van der Waals surface area contributed by atoms with Crippen LogP contribution in [0.1, 0.15) is 24.2 Å². The number of anilines is 1. The highest BCUT2D eigenvalue weighted by Crippen LogP contribution is 2.15. The Kier molecular flexibility index (Phi) is 4.25. The number of nitrogens with zero attached hydrogens (tertiary/aromatic N) is 1. The Hall–Kier alpha value is -2.11. The summed E-state index contributed by atoms with van der Waals surface area (Å²) in [4.78, 5) is 24.2. The lowest BCUT2D eigenvalue weighted by Crippen LogP contribution is -2.43. The van der Waals surface area contributed by atoms with E-state index in [-0.39, 0.29) is 23.8 Å². The Labute approximate surface area is 105 Å². The van der Waals surface area contributed by atoms with Gasteiger partial charge in [0.25, 0.3) is 5.91 Å². The summed E-state index contributed by atoms with van der Waals surface area (Å²) in [5.74, 6) is -1.94. The third-order valence-corrected chi connectivity index (χ3v) is 2.43. The monoisotopic (exact) mass is 253 g/mol. The SMILES string of the molecule is CC(C)N(CC(N)=O)C(=O)c1ccc(N)cc1F. The van der Waals surface area contributed by atoms with Gasteiger partial charge in [0.15, 0.2) is 0 Å². The molecule has 6 heteroatoms. The highest BCUT2D eigenvalue weighted by atomic mass is 19.1. The number of benzene rings is 1. The number of rotatable bonds is 4. The molecule has 5 nitrogen and oxygen atoms in total. The fraction of sp³-hybridized carbons (Fsp3) is 0.333. The summed E-state index contributed by atoms with van der Waals surface area (Å²) in [6.07, 6.45) is 0. The maximum atomic E-state index is 13.6. The van der Waals surface area contributed by atoms with Gasteiger partial charge in [-0.2, -0.15) is 0 Å². The van der Waals surface area contributed by atoms with Crippen molar-refractivity contribution in [2.75, 3.05) is 12.3 Å². The highest BCUT2D eigenvalue weighted by molar-refractivity contribution is 5.97. The average Bonchev–Trinajstić information content (AvgIpc) is 2.24. The number of nitrogens with two attached hydrogens (primary N) is 2. The van der Waals surface area contributed by atoms with E-state index in [1.54, 1.807) is 13.8 Å². The summed E-state index contributed by atoms with van der Waals surface area (Å²) in [5.41, 5.74) is 10.6. The maximum Gasteiger partial charge on any atom is 0.257 e. The number of carbonyl (C=O) groups excluding carboxylic acids is 2. The molecule has 1 aromatic carbocycles. The molecule has 0 saturated heterocycles. The van der Waals surface area contributed by atoms with Gasteiger partial charge in [0.1, 0.15) is 5.82 Å². The third kappa shape index (κ3) is 3.19. The van der Waals surface area contributed by atoms with Crippen molar-refractivity contribution in [3.8, 4) is 0 Å². The molecule has 98 valence electrons. The zero-order chi connectivity index (χ0) is 13.9. The van der Waals surface area contributed by atoms with Crippen LogP contribution in [-0.2, 0) is 4.79 Å². The van der Waals surface area contributed by atoms with Gasteiger partial charge in [-0.1, -0.05) is 0 Å². The van der Waals surface area contributed by atoms with Gasteiger partial charge in [-0.25, -0.2) is 4.39 Å². The zero-order valence-electron chi connectivity index (χ0n) is 10.3. The van der Waals surface area contributed by atoms with Gasteiger partial charge in [0, 0.05) is 11.7 Å². The molecule has 0 aliphatic carbocycles. The van der Waals surface area contributed by atoms with Crippen LogP contribution < -0.4 is 11.5 Å². The molecule has 0 aromatic heterocycles. The van der Waals surface area contributed by atoms with E-state index in [9.17, 15) is 14.0 Å². The smallest absolute Gasteiger partial charge is 0.257 e. The predicted octanol–water partition coefficient (Wildman–Crippen LogP) is 0.744. The second-order valence-electron chi connectivity index (χ2n) is 4.23. The molecule has 0 spiro atoms. The van der Waals surface area contributed by atoms with Gasteiger partial charge in [0.05, 0.1) is 12.1 Å². The van der Waals surface area contributed by atoms with E-state index in [1.807, 2.05) is 0 Å². The van der Waals surface area contributed by atoms with E-state index in [0.29, 0.717) is 0 Å². The van der Waals surface area contributed by atoms with Crippen LogP contribution in [0.4, 0.5) is 10.1 Å². The number of carbonyl (C=O) groups is 2. The number of hydrogen-bond acceptors (Lipinski definition) is 3. The molecule has 18 heavy (non-hydrogen) atoms. The zero-order valence-corrected chi connectivity index (χ0v) is 10.3. The van der Waals surface area contributed by atoms with E-state index in [1.165, 1.54) is 17.0 Å². The van der Waals surface area contributed by atoms with E-state index < -0.39 is 17.6 Å². The minimum absolute atomic E-state index is 0.126. The summed E-state index contributed by atoms with van der Waals surface area (Å²) < 4.78 is 13.6. The van der Waals surface area contributed by atoms with Crippen molar-refractivity contribution in [1.82, 2.24) is 4.90 Å². The van der Waals surface area contributed by atoms with Gasteiger partial charge in [-0.3, -0.25) is 9.59 Å². The maximum absolute atomic E-state index is 13.6. The molecule has 1 rings (SSSR count). The van der Waals surface area contributed by atoms with Crippen molar-refractivity contribution in [1.29, 1.82) is 0 Å². The summed E-state index contributed by atoms with van der Waals surface area (Å²) in [7, 11) is 0. The van der Waals surface area contributed by atoms with Crippen molar-refractivity contribution in [2.24, 2.45) is 5.73 Å². The van der Waals surface area contributed by atoms with Gasteiger partial charge >= 0.3 is 0 Å². The lowest BCUT2D eigenvalue weighted by Gasteiger charge is -2.25. The molecule has 0 aliphatic heterocycles. The molecule has 0 fully saturated rings. The predicted molar refractivity (Wildman–Crippen MR) is 66.2 cm³/mol. The molecule has 1 aromatic rings. The van der Waals surface area contributed by atoms with Crippen LogP contribution in [0.25, 0.3) is 0 Å². The molecule has 0 aliphatic rings. The minimum Gasteiger partial charge on any atom is -0.399 e. The standard InChI is InChI=1S/C12H16FN3O2/c1-7(2)16(6-11(15)17)12(18)9-4-3-8(14)5-10(9)13/h3-5,7H,6,14H2,1-2H3,(H2,15,17). The first-order chi connectivity index (χ1) is 8.32. The molecule has 2 amide bonds. The number of amides is 2. The van der Waals surface area contributed by atoms with E-state index in [2.05, 4.69) is 0 Å². The Bertz CT molecular complexity index is 474. The minimum atomic E-state index is -0.713. The fourth-order valence-corrected chi connectivity index (χ4v) is 1.52. The third-order valence-electron chi connectivity index (χ3n) is 2.43. The van der Waals surface area contributed by atoms with Crippen molar-refractivity contribution in [3.63, 3.8) is 0 Å². The topological polar surface area (TPSA) is 89.4 Å². The second kappa shape index (κ2) is 5.48. The van der Waals surface area contributed by atoms with Gasteiger partial charge in [0.2, 0.25) is 5.91 Å². The Morgan fingerprint density at radius 2 is 2.00 bits per heavy atom. The first kappa shape index (κ1) is 14.0. The summed E-state index contributed by atoms with van der Waals surface area (Å²) in [5, 5.41) is 0.